The molecule has 0 aliphatic carbocycles. The predicted octanol–water partition coefficient (Wildman–Crippen LogP) is 0.165. The van der Waals surface area contributed by atoms with E-state index in [0.717, 1.165) is 22.0 Å². The summed E-state index contributed by atoms with van der Waals surface area (Å²) in [6, 6.07) is 5.60. The number of nitrogens with zero attached hydrogens (tertiary/aromatic N) is 2. The molecular formula is C16H15N5O6. The molecule has 1 atom stereocenters. The number of carboxylic acids is 1. The van der Waals surface area contributed by atoms with E-state index >= 15 is 0 Å². The van der Waals surface area contributed by atoms with Crippen molar-refractivity contribution in [1.29, 1.82) is 0 Å². The van der Waals surface area contributed by atoms with Crippen LogP contribution >= 0.6 is 0 Å². The van der Waals surface area contributed by atoms with Crippen LogP contribution in [0.25, 0.3) is 10.9 Å². The number of carboxylic acid groups (broad SMARTS) is 1. The summed E-state index contributed by atoms with van der Waals surface area (Å²) in [4.78, 5) is 39.1. The van der Waals surface area contributed by atoms with E-state index < -0.39 is 18.2 Å². The van der Waals surface area contributed by atoms with Gasteiger partial charge in [-0.2, -0.15) is 4.98 Å². The van der Waals surface area contributed by atoms with Crippen molar-refractivity contribution < 1.29 is 28.8 Å². The average molecular weight is 373 g/mol. The van der Waals surface area contributed by atoms with Crippen molar-refractivity contribution >= 4 is 35.2 Å². The molecule has 11 nitrogen and oxygen atoms in total. The summed E-state index contributed by atoms with van der Waals surface area (Å²) in [5.74, 6) is -2.70. The lowest BCUT2D eigenvalue weighted by Gasteiger charge is -2.11. The zero-order chi connectivity index (χ0) is 19.4. The standard InChI is InChI=1S/C16H15N5O6/c17-12(26-15(25)14(23)24)5-9-6-18-11-2-1-8(3-10(9)11)4-13-20-16(19-7-22)21-27-13/h1-3,6-7,12,18H,4-5,17H2,(H,23,24)(H,19,21,22). The van der Waals surface area contributed by atoms with Crippen molar-refractivity contribution in [3.05, 3.63) is 41.4 Å². The van der Waals surface area contributed by atoms with Gasteiger partial charge in [-0.1, -0.05) is 6.07 Å². The Kier molecular flexibility index (Phi) is 5.13. The second kappa shape index (κ2) is 7.66. The topological polar surface area (TPSA) is 173 Å². The van der Waals surface area contributed by atoms with E-state index in [1.165, 1.54) is 0 Å². The molecule has 1 unspecified atom stereocenters. The second-order valence-corrected chi connectivity index (χ2v) is 5.60. The highest BCUT2D eigenvalue weighted by atomic mass is 16.6. The molecule has 2 heterocycles. The molecule has 2 aromatic heterocycles. The van der Waals surface area contributed by atoms with E-state index in [1.54, 1.807) is 6.20 Å². The third kappa shape index (κ3) is 4.27. The molecule has 27 heavy (non-hydrogen) atoms. The minimum Gasteiger partial charge on any atom is -0.473 e. The van der Waals surface area contributed by atoms with Crippen molar-refractivity contribution in [2.75, 3.05) is 5.32 Å². The van der Waals surface area contributed by atoms with Crippen LogP contribution in [-0.4, -0.2) is 44.8 Å². The lowest BCUT2D eigenvalue weighted by molar-refractivity contribution is -0.167. The number of rotatable bonds is 7. The summed E-state index contributed by atoms with van der Waals surface area (Å²) in [6.07, 6.45) is 1.55. The average Bonchev–Trinajstić information content (AvgIpc) is 3.22. The van der Waals surface area contributed by atoms with Gasteiger partial charge in [0.2, 0.25) is 12.3 Å². The largest absolute Gasteiger partial charge is 0.473 e. The van der Waals surface area contributed by atoms with E-state index in [1.807, 2.05) is 18.2 Å². The quantitative estimate of drug-likeness (QED) is 0.195. The Morgan fingerprint density at radius 1 is 1.44 bits per heavy atom. The van der Waals surface area contributed by atoms with Gasteiger partial charge in [-0.25, -0.2) is 9.59 Å². The SMILES string of the molecule is NC(Cc1c[nH]c2ccc(Cc3nc(NC=O)no3)cc12)OC(=O)C(=O)O. The minimum atomic E-state index is -1.70. The number of nitrogens with one attached hydrogen (secondary N) is 2. The first-order valence-electron chi connectivity index (χ1n) is 7.77. The zero-order valence-corrected chi connectivity index (χ0v) is 13.8. The van der Waals surface area contributed by atoms with Gasteiger partial charge in [-0.05, 0) is 28.4 Å². The Labute approximate surface area is 151 Å². The molecule has 140 valence electrons. The minimum absolute atomic E-state index is 0.0784. The fraction of sp³-hybridized carbons (Fsp3) is 0.188. The number of hydrogen-bond acceptors (Lipinski definition) is 8. The Balaban J connectivity index is 1.75. The van der Waals surface area contributed by atoms with Crippen LogP contribution in [0.2, 0.25) is 0 Å². The Morgan fingerprint density at radius 2 is 2.26 bits per heavy atom. The van der Waals surface area contributed by atoms with Crippen LogP contribution in [0.4, 0.5) is 5.95 Å². The van der Waals surface area contributed by atoms with Crippen LogP contribution in [0.15, 0.2) is 28.9 Å². The third-order valence-electron chi connectivity index (χ3n) is 3.70. The van der Waals surface area contributed by atoms with Crippen molar-refractivity contribution in [2.24, 2.45) is 5.73 Å². The first-order valence-corrected chi connectivity index (χ1v) is 7.77. The highest BCUT2D eigenvalue weighted by molar-refractivity contribution is 6.28. The van der Waals surface area contributed by atoms with Gasteiger partial charge < -0.3 is 19.4 Å². The van der Waals surface area contributed by atoms with E-state index in [0.29, 0.717) is 18.7 Å². The molecule has 1 aromatic carbocycles. The molecule has 0 spiro atoms. The number of esters is 1. The van der Waals surface area contributed by atoms with E-state index in [2.05, 4.69) is 25.2 Å². The number of aromatic nitrogens is 3. The smallest absolute Gasteiger partial charge is 0.418 e. The number of H-pyrrole nitrogens is 1. The van der Waals surface area contributed by atoms with Crippen LogP contribution in [0.1, 0.15) is 17.0 Å². The summed E-state index contributed by atoms with van der Waals surface area (Å²) >= 11 is 0. The second-order valence-electron chi connectivity index (χ2n) is 5.60. The normalized spacial score (nSPS) is 11.9. The van der Waals surface area contributed by atoms with E-state index in [4.69, 9.17) is 15.4 Å². The lowest BCUT2D eigenvalue weighted by Crippen LogP contribution is -2.32. The number of nitrogens with two attached hydrogens (primary N) is 1. The Hall–Kier alpha value is -3.73. The Morgan fingerprint density at radius 3 is 3.00 bits per heavy atom. The molecule has 0 fully saturated rings. The molecule has 5 N–H and O–H groups in total. The number of hydrogen-bond donors (Lipinski definition) is 4. The van der Waals surface area contributed by atoms with Gasteiger partial charge in [0.05, 0.1) is 6.42 Å². The maximum Gasteiger partial charge on any atom is 0.418 e. The molecular weight excluding hydrogens is 358 g/mol. The van der Waals surface area contributed by atoms with Gasteiger partial charge in [-0.3, -0.25) is 15.8 Å². The number of ether oxygens (including phenoxy) is 1. The number of aliphatic carboxylic acids is 1. The fourth-order valence-corrected chi connectivity index (χ4v) is 2.56. The van der Waals surface area contributed by atoms with Crippen LogP contribution in [-0.2, 0) is 32.0 Å². The van der Waals surface area contributed by atoms with Crippen LogP contribution in [0, 0.1) is 0 Å². The van der Waals surface area contributed by atoms with Gasteiger partial charge in [0.1, 0.15) is 0 Å². The highest BCUT2D eigenvalue weighted by Crippen LogP contribution is 2.22. The molecule has 0 bridgehead atoms. The van der Waals surface area contributed by atoms with Gasteiger partial charge in [-0.15, -0.1) is 0 Å². The number of amides is 1. The maximum atomic E-state index is 11.1. The predicted molar refractivity (Wildman–Crippen MR) is 90.5 cm³/mol. The highest BCUT2D eigenvalue weighted by Gasteiger charge is 2.19. The van der Waals surface area contributed by atoms with Crippen molar-refractivity contribution in [3.63, 3.8) is 0 Å². The summed E-state index contributed by atoms with van der Waals surface area (Å²) in [7, 11) is 0. The lowest BCUT2D eigenvalue weighted by atomic mass is 10.0. The van der Waals surface area contributed by atoms with E-state index in [9.17, 15) is 14.4 Å². The molecule has 3 rings (SSSR count). The van der Waals surface area contributed by atoms with Crippen LogP contribution in [0.3, 0.4) is 0 Å². The van der Waals surface area contributed by atoms with Gasteiger partial charge in [0, 0.05) is 23.5 Å². The molecule has 0 aliphatic heterocycles. The fourth-order valence-electron chi connectivity index (χ4n) is 2.56. The number of carbonyl (C=O) groups excluding carboxylic acids is 2. The maximum absolute atomic E-state index is 11.1. The summed E-state index contributed by atoms with van der Waals surface area (Å²) in [6.45, 7) is 0. The van der Waals surface area contributed by atoms with Crippen molar-refractivity contribution in [2.45, 2.75) is 19.1 Å². The number of aromatic amines is 1. The monoisotopic (exact) mass is 373 g/mol. The number of carbonyl (C=O) groups is 3. The zero-order valence-electron chi connectivity index (χ0n) is 13.8. The molecule has 0 aliphatic rings. The third-order valence-corrected chi connectivity index (χ3v) is 3.70. The molecule has 11 heteroatoms. The van der Waals surface area contributed by atoms with E-state index in [-0.39, 0.29) is 12.4 Å². The summed E-state index contributed by atoms with van der Waals surface area (Å²) in [5.41, 5.74) is 8.15. The first kappa shape index (κ1) is 18.1. The van der Waals surface area contributed by atoms with Gasteiger partial charge in [0.25, 0.3) is 5.95 Å². The Bertz CT molecular complexity index is 994. The summed E-state index contributed by atoms with van der Waals surface area (Å²) < 4.78 is 9.69. The number of fused-ring (bicyclic) bond motifs is 1. The molecule has 0 saturated heterocycles. The first-order chi connectivity index (χ1) is 13.0. The van der Waals surface area contributed by atoms with Gasteiger partial charge >= 0.3 is 11.9 Å². The molecule has 0 radical (unpaired) electrons. The van der Waals surface area contributed by atoms with Crippen molar-refractivity contribution in [3.8, 4) is 0 Å². The summed E-state index contributed by atoms with van der Waals surface area (Å²) in [5, 5.41) is 15.3. The van der Waals surface area contributed by atoms with Crippen LogP contribution in [0.5, 0.6) is 0 Å². The molecule has 0 saturated carbocycles. The van der Waals surface area contributed by atoms with Gasteiger partial charge in [0.15, 0.2) is 6.23 Å². The van der Waals surface area contributed by atoms with Crippen LogP contribution < -0.4 is 11.1 Å². The molecule has 3 aromatic rings. The number of benzene rings is 1. The molecule has 1 amide bonds. The number of anilines is 1. The van der Waals surface area contributed by atoms with Crippen molar-refractivity contribution in [1.82, 2.24) is 15.1 Å².